The number of aromatic amines is 2. The number of rotatable bonds is 5. The molecule has 1 saturated heterocycles. The van der Waals surface area contributed by atoms with Crippen LogP contribution in [-0.4, -0.2) is 50.0 Å². The number of hydrogen-bond donors (Lipinski definition) is 3. The van der Waals surface area contributed by atoms with Gasteiger partial charge in [0.05, 0.1) is 6.33 Å². The lowest BCUT2D eigenvalue weighted by molar-refractivity contribution is -0.126. The SMILES string of the molecule is CC(Cc1c[nH]c2ccccc12)NC(=O)C1CCN(c2ncnc3nc[nH]c23)CC1. The van der Waals surface area contributed by atoms with Crippen LogP contribution in [0.2, 0.25) is 0 Å². The molecular formula is C22H25N7O. The molecule has 1 atom stereocenters. The molecule has 3 N–H and O–H groups in total. The first-order valence-electron chi connectivity index (χ1n) is 10.4. The summed E-state index contributed by atoms with van der Waals surface area (Å²) in [4.78, 5) is 34.3. The van der Waals surface area contributed by atoms with Crippen LogP contribution in [0.5, 0.6) is 0 Å². The maximum absolute atomic E-state index is 12.8. The molecule has 154 valence electrons. The highest BCUT2D eigenvalue weighted by Crippen LogP contribution is 2.26. The number of nitrogens with one attached hydrogen (secondary N) is 3. The number of piperidine rings is 1. The number of H-pyrrole nitrogens is 2. The number of aromatic nitrogens is 5. The largest absolute Gasteiger partial charge is 0.361 e. The minimum atomic E-state index is 0.0331. The quantitative estimate of drug-likeness (QED) is 0.476. The average Bonchev–Trinajstić information content (AvgIpc) is 3.41. The fourth-order valence-electron chi connectivity index (χ4n) is 4.39. The zero-order chi connectivity index (χ0) is 20.5. The fourth-order valence-corrected chi connectivity index (χ4v) is 4.39. The van der Waals surface area contributed by atoms with Crippen LogP contribution >= 0.6 is 0 Å². The van der Waals surface area contributed by atoms with E-state index >= 15 is 0 Å². The number of nitrogens with zero attached hydrogens (tertiary/aromatic N) is 4. The molecule has 1 unspecified atom stereocenters. The van der Waals surface area contributed by atoms with Crippen LogP contribution in [0, 0.1) is 5.92 Å². The van der Waals surface area contributed by atoms with Crippen LogP contribution in [-0.2, 0) is 11.2 Å². The Balaban J connectivity index is 1.18. The molecule has 0 saturated carbocycles. The number of carbonyl (C=O) groups excluding carboxylic acids is 1. The molecule has 4 heterocycles. The van der Waals surface area contributed by atoms with E-state index in [0.717, 1.165) is 49.2 Å². The van der Waals surface area contributed by atoms with Gasteiger partial charge in [-0.05, 0) is 37.8 Å². The Morgan fingerprint density at radius 2 is 2.03 bits per heavy atom. The molecular weight excluding hydrogens is 378 g/mol. The first-order valence-corrected chi connectivity index (χ1v) is 10.4. The van der Waals surface area contributed by atoms with E-state index in [1.54, 1.807) is 12.7 Å². The van der Waals surface area contributed by atoms with Crippen molar-refractivity contribution in [3.05, 3.63) is 48.7 Å². The van der Waals surface area contributed by atoms with E-state index in [1.807, 2.05) is 18.3 Å². The van der Waals surface area contributed by atoms with Gasteiger partial charge in [-0.15, -0.1) is 0 Å². The monoisotopic (exact) mass is 403 g/mol. The number of amides is 1. The molecule has 30 heavy (non-hydrogen) atoms. The van der Waals surface area contributed by atoms with E-state index in [2.05, 4.69) is 54.2 Å². The lowest BCUT2D eigenvalue weighted by Gasteiger charge is -2.32. The van der Waals surface area contributed by atoms with E-state index in [1.165, 1.54) is 10.9 Å². The standard InChI is InChI=1S/C22H25N7O/c1-14(10-16-11-23-18-5-3-2-4-17(16)18)28-22(30)15-6-8-29(9-7-15)21-19-20(25-12-24-19)26-13-27-21/h2-5,11-15,23H,6-10H2,1H3,(H,28,30)(H,24,25,26,27). The van der Waals surface area contributed by atoms with Crippen molar-refractivity contribution in [1.29, 1.82) is 0 Å². The number of benzene rings is 1. The number of imidazole rings is 1. The Morgan fingerprint density at radius 1 is 1.20 bits per heavy atom. The normalized spacial score (nSPS) is 16.2. The Hall–Kier alpha value is -3.42. The molecule has 8 nitrogen and oxygen atoms in total. The van der Waals surface area contributed by atoms with Crippen LogP contribution < -0.4 is 10.2 Å². The van der Waals surface area contributed by atoms with Gasteiger partial charge in [-0.3, -0.25) is 4.79 Å². The topological polar surface area (TPSA) is 103 Å². The highest BCUT2D eigenvalue weighted by molar-refractivity contribution is 5.84. The lowest BCUT2D eigenvalue weighted by Crippen LogP contribution is -2.44. The smallest absolute Gasteiger partial charge is 0.223 e. The summed E-state index contributed by atoms with van der Waals surface area (Å²) in [5.41, 5.74) is 3.90. The van der Waals surface area contributed by atoms with Crippen LogP contribution in [0.1, 0.15) is 25.3 Å². The maximum atomic E-state index is 12.8. The summed E-state index contributed by atoms with van der Waals surface area (Å²) in [6, 6.07) is 8.35. The van der Waals surface area contributed by atoms with E-state index < -0.39 is 0 Å². The number of anilines is 1. The van der Waals surface area contributed by atoms with Crippen molar-refractivity contribution < 1.29 is 4.79 Å². The van der Waals surface area contributed by atoms with Gasteiger partial charge >= 0.3 is 0 Å². The summed E-state index contributed by atoms with van der Waals surface area (Å²) in [5, 5.41) is 4.44. The third kappa shape index (κ3) is 3.49. The molecule has 8 heteroatoms. The molecule has 5 rings (SSSR count). The van der Waals surface area contributed by atoms with E-state index in [0.29, 0.717) is 5.65 Å². The number of fused-ring (bicyclic) bond motifs is 2. The molecule has 0 bridgehead atoms. The van der Waals surface area contributed by atoms with Gasteiger partial charge in [-0.25, -0.2) is 15.0 Å². The molecule has 0 aliphatic carbocycles. The van der Waals surface area contributed by atoms with Gasteiger partial charge in [-0.2, -0.15) is 0 Å². The first-order chi connectivity index (χ1) is 14.7. The van der Waals surface area contributed by atoms with Gasteiger partial charge in [0.25, 0.3) is 0 Å². The second-order valence-corrected chi connectivity index (χ2v) is 8.03. The Bertz CT molecular complexity index is 1170. The maximum Gasteiger partial charge on any atom is 0.223 e. The van der Waals surface area contributed by atoms with Crippen LogP contribution in [0.15, 0.2) is 43.1 Å². The van der Waals surface area contributed by atoms with Crippen molar-refractivity contribution >= 4 is 33.8 Å². The Kier molecular flexibility index (Phi) is 4.82. The Morgan fingerprint density at radius 3 is 2.90 bits per heavy atom. The molecule has 0 spiro atoms. The summed E-state index contributed by atoms with van der Waals surface area (Å²) in [6.45, 7) is 3.66. The molecule has 1 aliphatic heterocycles. The van der Waals surface area contributed by atoms with Crippen molar-refractivity contribution in [1.82, 2.24) is 30.2 Å². The van der Waals surface area contributed by atoms with Gasteiger partial charge in [0.1, 0.15) is 11.8 Å². The molecule has 1 amide bonds. The first kappa shape index (κ1) is 18.6. The molecule has 1 aromatic carbocycles. The third-order valence-electron chi connectivity index (χ3n) is 5.96. The highest BCUT2D eigenvalue weighted by Gasteiger charge is 2.27. The number of carbonyl (C=O) groups is 1. The van der Waals surface area contributed by atoms with Crippen LogP contribution in [0.4, 0.5) is 5.82 Å². The van der Waals surface area contributed by atoms with Crippen molar-refractivity contribution in [2.75, 3.05) is 18.0 Å². The summed E-state index contributed by atoms with van der Waals surface area (Å²) in [6.07, 6.45) is 7.66. The van der Waals surface area contributed by atoms with Crippen molar-refractivity contribution in [2.45, 2.75) is 32.2 Å². The summed E-state index contributed by atoms with van der Waals surface area (Å²) in [7, 11) is 0. The van der Waals surface area contributed by atoms with Gasteiger partial charge < -0.3 is 20.2 Å². The third-order valence-corrected chi connectivity index (χ3v) is 5.96. The molecule has 1 fully saturated rings. The van der Waals surface area contributed by atoms with E-state index in [-0.39, 0.29) is 17.9 Å². The summed E-state index contributed by atoms with van der Waals surface area (Å²) in [5.74, 6) is 1.05. The zero-order valence-corrected chi connectivity index (χ0v) is 16.9. The second-order valence-electron chi connectivity index (χ2n) is 8.03. The van der Waals surface area contributed by atoms with Crippen molar-refractivity contribution in [3.63, 3.8) is 0 Å². The lowest BCUT2D eigenvalue weighted by atomic mass is 9.95. The zero-order valence-electron chi connectivity index (χ0n) is 16.9. The molecule has 4 aromatic rings. The van der Waals surface area contributed by atoms with Crippen molar-refractivity contribution in [2.24, 2.45) is 5.92 Å². The van der Waals surface area contributed by atoms with Crippen molar-refractivity contribution in [3.8, 4) is 0 Å². The fraction of sp³-hybridized carbons (Fsp3) is 0.364. The minimum absolute atomic E-state index is 0.0331. The minimum Gasteiger partial charge on any atom is -0.361 e. The van der Waals surface area contributed by atoms with Crippen LogP contribution in [0.3, 0.4) is 0 Å². The summed E-state index contributed by atoms with van der Waals surface area (Å²) >= 11 is 0. The predicted molar refractivity (Wildman–Crippen MR) is 116 cm³/mol. The summed E-state index contributed by atoms with van der Waals surface area (Å²) < 4.78 is 0. The average molecular weight is 403 g/mol. The highest BCUT2D eigenvalue weighted by atomic mass is 16.1. The molecule has 1 aliphatic rings. The van der Waals surface area contributed by atoms with Gasteiger partial charge in [0, 0.05) is 42.1 Å². The second kappa shape index (κ2) is 7.78. The van der Waals surface area contributed by atoms with E-state index in [4.69, 9.17) is 0 Å². The van der Waals surface area contributed by atoms with E-state index in [9.17, 15) is 4.79 Å². The van der Waals surface area contributed by atoms with Gasteiger partial charge in [0.15, 0.2) is 11.5 Å². The molecule has 0 radical (unpaired) electrons. The number of hydrogen-bond acceptors (Lipinski definition) is 5. The van der Waals surface area contributed by atoms with Gasteiger partial charge in [-0.1, -0.05) is 18.2 Å². The van der Waals surface area contributed by atoms with Crippen LogP contribution in [0.25, 0.3) is 22.1 Å². The molecule has 3 aromatic heterocycles. The Labute approximate surface area is 174 Å². The predicted octanol–water partition coefficient (Wildman–Crippen LogP) is 2.80. The number of para-hydroxylation sites is 1. The van der Waals surface area contributed by atoms with Gasteiger partial charge in [0.2, 0.25) is 5.91 Å².